The molecule has 0 radical (unpaired) electrons. The molecule has 2 unspecified atom stereocenters. The predicted octanol–water partition coefficient (Wildman–Crippen LogP) is 8.94. The molecule has 2 aromatic carbocycles. The third-order valence-corrected chi connectivity index (χ3v) is 12.2. The largest absolute Gasteiger partial charge is 0.491 e. The number of carbonyl (C=O) groups excluding carboxylic acids is 1. The smallest absolute Gasteiger partial charge is 0.174 e. The van der Waals surface area contributed by atoms with E-state index in [1.54, 1.807) is 47.5 Å². The van der Waals surface area contributed by atoms with Crippen LogP contribution in [0.4, 0.5) is 0 Å². The van der Waals surface area contributed by atoms with Crippen LogP contribution in [-0.4, -0.2) is 73.9 Å². The number of para-hydroxylation sites is 2. The van der Waals surface area contributed by atoms with E-state index in [2.05, 4.69) is 30.5 Å². The number of nitrogens with zero attached hydrogens (tertiary/aromatic N) is 6. The van der Waals surface area contributed by atoms with Crippen molar-refractivity contribution in [1.82, 2.24) is 29.7 Å². The molecule has 2 aliphatic heterocycles. The number of pyridine rings is 2. The summed E-state index contributed by atoms with van der Waals surface area (Å²) in [4.78, 5) is 39.0. The molecule has 0 amide bonds. The van der Waals surface area contributed by atoms with Gasteiger partial charge in [0.25, 0.3) is 0 Å². The molecule has 4 atom stereocenters. The van der Waals surface area contributed by atoms with E-state index in [1.807, 2.05) is 84.9 Å². The maximum absolute atomic E-state index is 15.6. The van der Waals surface area contributed by atoms with Crippen molar-refractivity contribution < 1.29 is 14.3 Å². The average Bonchev–Trinajstić information content (AvgIpc) is 3.95. The van der Waals surface area contributed by atoms with Crippen LogP contribution in [0, 0.1) is 0 Å². The van der Waals surface area contributed by atoms with E-state index >= 15 is 4.79 Å². The van der Waals surface area contributed by atoms with Crippen LogP contribution in [-0.2, 0) is 4.79 Å². The molecule has 6 heterocycles. The van der Waals surface area contributed by atoms with Crippen molar-refractivity contribution >= 4 is 28.5 Å². The van der Waals surface area contributed by atoms with Crippen molar-refractivity contribution in [2.24, 2.45) is 0 Å². The fourth-order valence-electron chi connectivity index (χ4n) is 7.71. The summed E-state index contributed by atoms with van der Waals surface area (Å²) in [5, 5.41) is 6.25. The molecular formula is C43H44N6O3S2. The van der Waals surface area contributed by atoms with Crippen LogP contribution in [0.1, 0.15) is 62.0 Å². The van der Waals surface area contributed by atoms with E-state index in [-0.39, 0.29) is 31.1 Å². The Morgan fingerprint density at radius 1 is 0.611 bits per heavy atom. The van der Waals surface area contributed by atoms with Gasteiger partial charge < -0.3 is 9.47 Å². The molecule has 276 valence electrons. The number of likely N-dealkylation sites (tertiary alicyclic amines) is 2. The second-order valence-corrected chi connectivity index (χ2v) is 15.5. The van der Waals surface area contributed by atoms with Crippen molar-refractivity contribution in [2.75, 3.05) is 26.3 Å². The van der Waals surface area contributed by atoms with Gasteiger partial charge in [0.1, 0.15) is 46.8 Å². The molecule has 0 bridgehead atoms. The van der Waals surface area contributed by atoms with Crippen LogP contribution in [0.15, 0.2) is 120 Å². The fraction of sp³-hybridized carbons (Fsp3) is 0.326. The number of aromatic nitrogens is 4. The highest BCUT2D eigenvalue weighted by Gasteiger charge is 2.43. The summed E-state index contributed by atoms with van der Waals surface area (Å²) < 4.78 is 13.0. The number of rotatable bonds is 14. The maximum atomic E-state index is 15.6. The third-order valence-electron chi connectivity index (χ3n) is 10.4. The number of thiazole rings is 2. The number of carbonyl (C=O) groups is 1. The maximum Gasteiger partial charge on any atom is 0.174 e. The summed E-state index contributed by atoms with van der Waals surface area (Å²) in [6, 6.07) is 26.5. The van der Waals surface area contributed by atoms with Crippen LogP contribution in [0.25, 0.3) is 21.1 Å². The van der Waals surface area contributed by atoms with Gasteiger partial charge in [-0.1, -0.05) is 49.2 Å². The number of Topliss-reactive ketones (excluding diaryl/α,β-unsaturated/α-hetero) is 1. The van der Waals surface area contributed by atoms with E-state index < -0.39 is 12.1 Å². The van der Waals surface area contributed by atoms with Crippen molar-refractivity contribution in [3.8, 4) is 32.6 Å². The summed E-state index contributed by atoms with van der Waals surface area (Å²) in [7, 11) is 0. The summed E-state index contributed by atoms with van der Waals surface area (Å²) in [6.45, 7) is 2.00. The Morgan fingerprint density at radius 2 is 1.04 bits per heavy atom. The molecule has 11 heteroatoms. The van der Waals surface area contributed by atoms with Crippen molar-refractivity contribution in [1.29, 1.82) is 0 Å². The molecule has 0 spiro atoms. The number of hydrogen-bond donors (Lipinski definition) is 0. The quantitative estimate of drug-likeness (QED) is 0.108. The molecule has 2 fully saturated rings. The number of ether oxygens (including phenoxy) is 2. The molecule has 0 aliphatic carbocycles. The molecule has 4 aromatic heterocycles. The van der Waals surface area contributed by atoms with E-state index in [4.69, 9.17) is 19.4 Å². The highest BCUT2D eigenvalue weighted by atomic mass is 32.1. The fourth-order valence-corrected chi connectivity index (χ4v) is 9.46. The molecule has 8 rings (SSSR count). The van der Waals surface area contributed by atoms with Gasteiger partial charge in [-0.25, -0.2) is 9.97 Å². The first-order chi connectivity index (χ1) is 26.7. The van der Waals surface area contributed by atoms with Gasteiger partial charge in [0.2, 0.25) is 0 Å². The molecule has 9 nitrogen and oxygen atoms in total. The second kappa shape index (κ2) is 17.6. The zero-order valence-electron chi connectivity index (χ0n) is 30.2. The van der Waals surface area contributed by atoms with Crippen LogP contribution in [0.5, 0.6) is 11.5 Å². The molecule has 54 heavy (non-hydrogen) atoms. The normalized spacial score (nSPS) is 19.2. The van der Waals surface area contributed by atoms with E-state index in [0.29, 0.717) is 0 Å². The Balaban J connectivity index is 1.14. The number of piperidine rings is 2. The van der Waals surface area contributed by atoms with E-state index in [9.17, 15) is 0 Å². The molecule has 0 N–H and O–H groups in total. The topological polar surface area (TPSA) is 93.6 Å². The van der Waals surface area contributed by atoms with Gasteiger partial charge in [-0.2, -0.15) is 0 Å². The van der Waals surface area contributed by atoms with Gasteiger partial charge in [-0.3, -0.25) is 24.6 Å². The summed E-state index contributed by atoms with van der Waals surface area (Å²) in [6.07, 6.45) is 13.2. The highest BCUT2D eigenvalue weighted by Crippen LogP contribution is 2.39. The van der Waals surface area contributed by atoms with Crippen LogP contribution in [0.3, 0.4) is 0 Å². The minimum absolute atomic E-state index is 0.0202. The van der Waals surface area contributed by atoms with Crippen LogP contribution in [0.2, 0.25) is 0 Å². The lowest BCUT2D eigenvalue weighted by Crippen LogP contribution is -2.58. The standard InChI is InChI=1S/C43H44N6O3S2/c50-41(39(27-51-33-11-3-1-4-12-33)48-25-9-7-15-37(48)35-29-53-42(46-35)31-17-21-44-22-18-31)40(28-52-34-13-5-2-6-14-34)49-26-10-8-16-38(49)36-30-54-43(47-36)32-19-23-45-24-20-32/h1-6,11-14,17-24,29-30,37-40H,7-10,15-16,25-28H2/t37-,38-,39?,40?/m1/s1. The van der Waals surface area contributed by atoms with E-state index in [1.165, 1.54) is 0 Å². The predicted molar refractivity (Wildman–Crippen MR) is 214 cm³/mol. The Kier molecular flexibility index (Phi) is 11.8. The average molecular weight is 757 g/mol. The van der Waals surface area contributed by atoms with Gasteiger partial charge in [-0.05, 0) is 87.3 Å². The Hall–Kier alpha value is -4.81. The first-order valence-corrected chi connectivity index (χ1v) is 20.6. The van der Waals surface area contributed by atoms with Crippen LogP contribution >= 0.6 is 22.7 Å². The second-order valence-electron chi connectivity index (χ2n) is 13.8. The Morgan fingerprint density at radius 3 is 1.46 bits per heavy atom. The number of benzene rings is 2. The molecule has 6 aromatic rings. The SMILES string of the molecule is O=C(C(COc1ccccc1)N1CCCC[C@@H]1c1csc(-c2ccncc2)n1)C(COc1ccccc1)N1CCCC[C@@H]1c1csc(-c2ccncc2)n1. The molecule has 0 saturated carbocycles. The highest BCUT2D eigenvalue weighted by molar-refractivity contribution is 7.13. The first kappa shape index (κ1) is 36.2. The van der Waals surface area contributed by atoms with Gasteiger partial charge in [-0.15, -0.1) is 22.7 Å². The first-order valence-electron chi connectivity index (χ1n) is 18.8. The summed E-state index contributed by atoms with van der Waals surface area (Å²) in [5.74, 6) is 1.60. The monoisotopic (exact) mass is 756 g/mol. The molecular weight excluding hydrogens is 713 g/mol. The number of hydrogen-bond acceptors (Lipinski definition) is 11. The summed E-state index contributed by atoms with van der Waals surface area (Å²) >= 11 is 3.28. The zero-order chi connectivity index (χ0) is 36.5. The Labute approximate surface area is 324 Å². The minimum atomic E-state index is -0.531. The minimum Gasteiger partial charge on any atom is -0.491 e. The van der Waals surface area contributed by atoms with Gasteiger partial charge >= 0.3 is 0 Å². The van der Waals surface area contributed by atoms with Gasteiger partial charge in [0.15, 0.2) is 5.78 Å². The lowest BCUT2D eigenvalue weighted by Gasteiger charge is -2.44. The zero-order valence-corrected chi connectivity index (χ0v) is 31.8. The van der Waals surface area contributed by atoms with Crippen molar-refractivity contribution in [3.05, 3.63) is 132 Å². The lowest BCUT2D eigenvalue weighted by molar-refractivity contribution is -0.136. The van der Waals surface area contributed by atoms with Crippen molar-refractivity contribution in [2.45, 2.75) is 62.7 Å². The van der Waals surface area contributed by atoms with Gasteiger partial charge in [0, 0.05) is 46.7 Å². The van der Waals surface area contributed by atoms with Crippen LogP contribution < -0.4 is 9.47 Å². The Bertz CT molecular complexity index is 1920. The van der Waals surface area contributed by atoms with E-state index in [0.717, 1.165) is 95.6 Å². The van der Waals surface area contributed by atoms with Gasteiger partial charge in [0.05, 0.1) is 23.5 Å². The molecule has 2 saturated heterocycles. The molecule has 2 aliphatic rings. The van der Waals surface area contributed by atoms with Crippen molar-refractivity contribution in [3.63, 3.8) is 0 Å². The lowest BCUT2D eigenvalue weighted by atomic mass is 9.91. The number of ketones is 1. The third kappa shape index (κ3) is 8.44. The summed E-state index contributed by atoms with van der Waals surface area (Å²) in [5.41, 5.74) is 4.10.